The van der Waals surface area contributed by atoms with Gasteiger partial charge in [0.15, 0.2) is 6.29 Å². The summed E-state index contributed by atoms with van der Waals surface area (Å²) in [7, 11) is 3.12. The smallest absolute Gasteiger partial charge is 0.385 e. The largest absolute Gasteiger partial charge is 0.416 e. The van der Waals surface area contributed by atoms with Gasteiger partial charge in [-0.15, -0.1) is 5.11 Å². The second kappa shape index (κ2) is 14.4. The van der Waals surface area contributed by atoms with Crippen LogP contribution < -0.4 is 5.43 Å². The highest BCUT2D eigenvalue weighted by Crippen LogP contribution is 2.39. The van der Waals surface area contributed by atoms with Crippen molar-refractivity contribution in [3.63, 3.8) is 0 Å². The molecule has 46 heavy (non-hydrogen) atoms. The van der Waals surface area contributed by atoms with E-state index >= 15 is 0 Å². The Hall–Kier alpha value is -2.95. The molecule has 2 aromatic carbocycles. The highest BCUT2D eigenvalue weighted by Gasteiger charge is 2.38. The summed E-state index contributed by atoms with van der Waals surface area (Å²) in [5.41, 5.74) is -0.596. The molecule has 4 rings (SSSR count). The van der Waals surface area contributed by atoms with E-state index in [4.69, 9.17) is 4.74 Å². The van der Waals surface area contributed by atoms with Gasteiger partial charge in [-0.25, -0.2) is 5.12 Å². The molecule has 7 nitrogen and oxygen atoms in total. The SMILES string of the molecule is CCC(c1ccc(C(F)(F)F)cc1CN(Cc1cc(C(F)(F)F)cc(C(F)(F)F)c1)C1N=NN(C)N1)N1CCC(CCOC)CC1. The maximum atomic E-state index is 13.9. The van der Waals surface area contributed by atoms with Crippen molar-refractivity contribution in [2.75, 3.05) is 33.9 Å². The number of hydrazine groups is 1. The van der Waals surface area contributed by atoms with Gasteiger partial charge in [-0.1, -0.05) is 18.2 Å². The number of nitrogens with one attached hydrogen (secondary N) is 1. The van der Waals surface area contributed by atoms with Crippen LogP contribution >= 0.6 is 0 Å². The molecule has 1 fully saturated rings. The molecule has 0 aliphatic carbocycles. The third-order valence-electron chi connectivity index (χ3n) is 8.39. The molecule has 2 aromatic rings. The van der Waals surface area contributed by atoms with Gasteiger partial charge in [0.1, 0.15) is 0 Å². The standard InChI is InChI=1S/C30H37F9N6O/c1-4-26(44-10-7-19(8-11-44)9-12-46-3)25-6-5-22(28(31,32)33)15-21(25)18-45(27-40-42-43(2)41-27)17-20-13-23(29(34,35)36)16-24(14-20)30(37,38)39/h5-6,13-16,19,26-27,41H,4,7-12,17-18H2,1-3H3. The molecule has 2 aliphatic rings. The van der Waals surface area contributed by atoms with Crippen LogP contribution in [0.15, 0.2) is 46.7 Å². The van der Waals surface area contributed by atoms with Crippen LogP contribution in [0.5, 0.6) is 0 Å². The first-order valence-electron chi connectivity index (χ1n) is 14.9. The summed E-state index contributed by atoms with van der Waals surface area (Å²) >= 11 is 0. The molecule has 2 aliphatic heterocycles. The Morgan fingerprint density at radius 3 is 2.00 bits per heavy atom. The van der Waals surface area contributed by atoms with Crippen molar-refractivity contribution in [2.45, 2.75) is 76.6 Å². The lowest BCUT2D eigenvalue weighted by Crippen LogP contribution is -2.45. The Bertz CT molecular complexity index is 1310. The fourth-order valence-corrected chi connectivity index (χ4v) is 6.05. The monoisotopic (exact) mass is 668 g/mol. The number of rotatable bonds is 11. The molecule has 2 heterocycles. The van der Waals surface area contributed by atoms with Crippen molar-refractivity contribution in [3.8, 4) is 0 Å². The molecule has 1 N–H and O–H groups in total. The minimum absolute atomic E-state index is 0.0321. The van der Waals surface area contributed by atoms with Crippen LogP contribution in [-0.2, 0) is 36.4 Å². The second-order valence-electron chi connectivity index (χ2n) is 11.6. The minimum atomic E-state index is -5.06. The molecule has 0 saturated carbocycles. The lowest BCUT2D eigenvalue weighted by Gasteiger charge is -2.39. The zero-order chi connectivity index (χ0) is 33.9. The number of nitrogens with zero attached hydrogens (tertiary/aromatic N) is 5. The fourth-order valence-electron chi connectivity index (χ4n) is 6.05. The molecule has 2 unspecified atom stereocenters. The zero-order valence-corrected chi connectivity index (χ0v) is 25.6. The summed E-state index contributed by atoms with van der Waals surface area (Å²) in [5, 5.41) is 9.03. The number of alkyl halides is 9. The van der Waals surface area contributed by atoms with Gasteiger partial charge in [-0.05, 0) is 91.7 Å². The van der Waals surface area contributed by atoms with E-state index in [-0.39, 0.29) is 29.8 Å². The molecule has 0 bridgehead atoms. The van der Waals surface area contributed by atoms with Crippen molar-refractivity contribution in [1.29, 1.82) is 0 Å². The third kappa shape index (κ3) is 9.10. The average molecular weight is 669 g/mol. The van der Waals surface area contributed by atoms with Gasteiger partial charge in [-0.2, -0.15) is 44.9 Å². The maximum absolute atomic E-state index is 13.9. The Kier molecular flexibility index (Phi) is 11.3. The van der Waals surface area contributed by atoms with Crippen molar-refractivity contribution >= 4 is 0 Å². The number of hydrogen-bond acceptors (Lipinski definition) is 7. The highest BCUT2D eigenvalue weighted by molar-refractivity contribution is 5.37. The minimum Gasteiger partial charge on any atom is -0.385 e. The van der Waals surface area contributed by atoms with Crippen molar-refractivity contribution in [2.24, 2.45) is 16.3 Å². The quantitative estimate of drug-likeness (QED) is 0.246. The van der Waals surface area contributed by atoms with Gasteiger partial charge in [0.05, 0.1) is 16.7 Å². The van der Waals surface area contributed by atoms with Gasteiger partial charge in [0, 0.05) is 39.9 Å². The van der Waals surface area contributed by atoms with Crippen LogP contribution in [0.3, 0.4) is 0 Å². The number of ether oxygens (including phenoxy) is 1. The van der Waals surface area contributed by atoms with Crippen molar-refractivity contribution in [1.82, 2.24) is 20.3 Å². The Labute approximate surface area is 261 Å². The van der Waals surface area contributed by atoms with Crippen LogP contribution in [0, 0.1) is 5.92 Å². The maximum Gasteiger partial charge on any atom is 0.416 e. The zero-order valence-electron chi connectivity index (χ0n) is 25.6. The van der Waals surface area contributed by atoms with Crippen LogP contribution in [0.25, 0.3) is 0 Å². The van der Waals surface area contributed by atoms with E-state index in [1.54, 1.807) is 7.11 Å². The summed E-state index contributed by atoms with van der Waals surface area (Å²) in [6.45, 7) is 3.20. The molecular weight excluding hydrogens is 631 g/mol. The molecule has 0 aromatic heterocycles. The number of halogens is 9. The molecule has 0 radical (unpaired) electrons. The number of likely N-dealkylation sites (tertiary alicyclic amines) is 1. The molecular formula is C30H37F9N6O. The van der Waals surface area contributed by atoms with E-state index in [2.05, 4.69) is 20.7 Å². The van der Waals surface area contributed by atoms with Crippen molar-refractivity contribution in [3.05, 3.63) is 69.8 Å². The molecule has 2 atom stereocenters. The Morgan fingerprint density at radius 2 is 1.50 bits per heavy atom. The van der Waals surface area contributed by atoms with Crippen LogP contribution in [-0.4, -0.2) is 55.1 Å². The normalized spacial score (nSPS) is 19.4. The lowest BCUT2D eigenvalue weighted by atomic mass is 9.89. The molecule has 16 heteroatoms. The van der Waals surface area contributed by atoms with Gasteiger partial charge < -0.3 is 4.74 Å². The van der Waals surface area contributed by atoms with E-state index in [1.807, 2.05) is 6.92 Å². The van der Waals surface area contributed by atoms with Crippen LogP contribution in [0.2, 0.25) is 0 Å². The van der Waals surface area contributed by atoms with Gasteiger partial charge in [-0.3, -0.25) is 9.80 Å². The Morgan fingerprint density at radius 1 is 0.891 bits per heavy atom. The fraction of sp³-hybridized carbons (Fsp3) is 0.600. The second-order valence-corrected chi connectivity index (χ2v) is 11.6. The summed E-state index contributed by atoms with van der Waals surface area (Å²) in [6, 6.07) is 4.39. The van der Waals surface area contributed by atoms with Crippen molar-refractivity contribution < 1.29 is 44.3 Å². The van der Waals surface area contributed by atoms with E-state index in [0.717, 1.165) is 31.4 Å². The van der Waals surface area contributed by atoms with Crippen LogP contribution in [0.4, 0.5) is 39.5 Å². The first-order valence-corrected chi connectivity index (χ1v) is 14.9. The molecule has 256 valence electrons. The van der Waals surface area contributed by atoms with E-state index in [0.29, 0.717) is 49.7 Å². The predicted octanol–water partition coefficient (Wildman–Crippen LogP) is 8.05. The van der Waals surface area contributed by atoms with Crippen LogP contribution in [0.1, 0.15) is 72.0 Å². The first kappa shape index (κ1) is 35.9. The average Bonchev–Trinajstić information content (AvgIpc) is 3.42. The van der Waals surface area contributed by atoms with Gasteiger partial charge >= 0.3 is 18.5 Å². The summed E-state index contributed by atoms with van der Waals surface area (Å²) in [6.07, 6.45) is -12.6. The Balaban J connectivity index is 1.73. The van der Waals surface area contributed by atoms with Gasteiger partial charge in [0.25, 0.3) is 0 Å². The number of methoxy groups -OCH3 is 1. The molecule has 0 amide bonds. The summed E-state index contributed by atoms with van der Waals surface area (Å²) in [4.78, 5) is 3.58. The van der Waals surface area contributed by atoms with E-state index in [1.165, 1.54) is 23.1 Å². The number of benzene rings is 2. The number of hydrogen-bond donors (Lipinski definition) is 1. The molecule has 0 spiro atoms. The van der Waals surface area contributed by atoms with E-state index in [9.17, 15) is 39.5 Å². The summed E-state index contributed by atoms with van der Waals surface area (Å²) in [5.74, 6) is 0.459. The molecule has 1 saturated heterocycles. The third-order valence-corrected chi connectivity index (χ3v) is 8.39. The first-order chi connectivity index (χ1) is 21.5. The highest BCUT2D eigenvalue weighted by atomic mass is 19.4. The van der Waals surface area contributed by atoms with Gasteiger partial charge in [0.2, 0.25) is 0 Å². The predicted molar refractivity (Wildman–Crippen MR) is 151 cm³/mol. The lowest BCUT2D eigenvalue weighted by molar-refractivity contribution is -0.143. The topological polar surface area (TPSA) is 55.7 Å². The van der Waals surface area contributed by atoms with E-state index < -0.39 is 48.1 Å². The summed E-state index contributed by atoms with van der Waals surface area (Å²) < 4.78 is 129. The number of piperidine rings is 1.